The molecule has 0 fully saturated rings. The van der Waals surface area contributed by atoms with E-state index in [1.54, 1.807) is 0 Å². The second-order valence-corrected chi connectivity index (χ2v) is 22.5. The molecule has 4 heterocycles. The summed E-state index contributed by atoms with van der Waals surface area (Å²) in [6.45, 7) is 0. The van der Waals surface area contributed by atoms with E-state index in [0.717, 1.165) is 72.3 Å². The molecule has 8 aromatic carbocycles. The molecule has 1 aliphatic rings. The van der Waals surface area contributed by atoms with Crippen molar-refractivity contribution in [3.8, 4) is 39.5 Å². The van der Waals surface area contributed by atoms with Gasteiger partial charge in [0.05, 0.1) is 0 Å². The summed E-state index contributed by atoms with van der Waals surface area (Å²) in [6.07, 6.45) is 0. The second kappa shape index (κ2) is 12.5. The van der Waals surface area contributed by atoms with Gasteiger partial charge in [-0.15, -0.1) is 0 Å². The van der Waals surface area contributed by atoms with Crippen molar-refractivity contribution >= 4 is 74.7 Å². The molecule has 12 rings (SSSR count). The van der Waals surface area contributed by atoms with Crippen LogP contribution >= 0.6 is 0 Å². The topological polar surface area (TPSA) is 43.9 Å². The zero-order valence-electron chi connectivity index (χ0n) is 30.8. The van der Waals surface area contributed by atoms with Crippen LogP contribution in [0, 0.1) is 0 Å². The van der Waals surface area contributed by atoms with Crippen molar-refractivity contribution in [3.05, 3.63) is 200 Å². The van der Waals surface area contributed by atoms with E-state index in [2.05, 4.69) is 199 Å². The van der Waals surface area contributed by atoms with Gasteiger partial charge in [0, 0.05) is 0 Å². The number of para-hydroxylation sites is 2. The maximum atomic E-state index is 6.71. The van der Waals surface area contributed by atoms with Crippen LogP contribution in [0.4, 0.5) is 0 Å². The van der Waals surface area contributed by atoms with Gasteiger partial charge in [0.1, 0.15) is 0 Å². The van der Waals surface area contributed by atoms with Gasteiger partial charge in [0.25, 0.3) is 0 Å². The Hall–Kier alpha value is -7.02. The third kappa shape index (κ3) is 4.62. The van der Waals surface area contributed by atoms with Crippen molar-refractivity contribution in [2.75, 3.05) is 0 Å². The summed E-state index contributed by atoms with van der Waals surface area (Å²) >= 11 is -3.69. The Morgan fingerprint density at radius 2 is 1.11 bits per heavy atom. The van der Waals surface area contributed by atoms with Crippen LogP contribution in [0.3, 0.4) is 0 Å². The van der Waals surface area contributed by atoms with Crippen LogP contribution < -0.4 is 17.7 Å². The fourth-order valence-electron chi connectivity index (χ4n) is 9.49. The molecule has 4 nitrogen and oxygen atoms in total. The van der Waals surface area contributed by atoms with Gasteiger partial charge in [-0.05, 0) is 0 Å². The summed E-state index contributed by atoms with van der Waals surface area (Å²) in [4.78, 5) is 11.2. The van der Waals surface area contributed by atoms with E-state index in [4.69, 9.17) is 14.4 Å². The number of nitrogens with zero attached hydrogens (tertiary/aromatic N) is 3. The van der Waals surface area contributed by atoms with E-state index >= 15 is 0 Å². The zero-order chi connectivity index (χ0) is 37.5. The van der Waals surface area contributed by atoms with E-state index in [9.17, 15) is 0 Å². The van der Waals surface area contributed by atoms with Crippen molar-refractivity contribution in [3.63, 3.8) is 0 Å². The van der Waals surface area contributed by atoms with Crippen molar-refractivity contribution in [1.82, 2.24) is 14.5 Å². The van der Waals surface area contributed by atoms with Crippen molar-refractivity contribution < 1.29 is 4.42 Å². The van der Waals surface area contributed by atoms with Gasteiger partial charge in [0.2, 0.25) is 0 Å². The quantitative estimate of drug-likeness (QED) is 0.163. The Labute approximate surface area is 331 Å². The van der Waals surface area contributed by atoms with Crippen LogP contribution in [0.5, 0.6) is 0 Å². The Morgan fingerprint density at radius 3 is 1.89 bits per heavy atom. The molecule has 0 amide bonds. The molecule has 0 unspecified atom stereocenters. The first kappa shape index (κ1) is 32.2. The Balaban J connectivity index is 1.19. The predicted molar refractivity (Wildman–Crippen MR) is 237 cm³/mol. The summed E-state index contributed by atoms with van der Waals surface area (Å²) in [5.74, 6) is 0.741. The van der Waals surface area contributed by atoms with Crippen LogP contribution in [-0.4, -0.2) is 27.8 Å². The SMILES string of the molecule is c1ccc(-c2nc(-c3cccc(-n4c5ccccc5c5ccc6c7ccccc7oc6c54)c3)c3[c](n2)[Ge]([c]2ccccc2)([c]2ccccc2)[c]2ccccc2-3)cc1. The Kier molecular flexibility index (Phi) is 7.07. The minimum absolute atomic E-state index is 0.741. The van der Waals surface area contributed by atoms with Gasteiger partial charge in [-0.25, -0.2) is 0 Å². The summed E-state index contributed by atoms with van der Waals surface area (Å²) in [5.41, 5.74) is 10.4. The van der Waals surface area contributed by atoms with Gasteiger partial charge < -0.3 is 0 Å². The molecule has 0 saturated carbocycles. The third-order valence-corrected chi connectivity index (χ3v) is 21.8. The molecule has 0 N–H and O–H groups in total. The molecule has 11 aromatic rings. The first-order chi connectivity index (χ1) is 28.3. The van der Waals surface area contributed by atoms with Gasteiger partial charge in [0.15, 0.2) is 0 Å². The summed E-state index contributed by atoms with van der Waals surface area (Å²) in [7, 11) is 0. The normalized spacial score (nSPS) is 13.1. The number of hydrogen-bond donors (Lipinski definition) is 0. The van der Waals surface area contributed by atoms with Crippen LogP contribution in [0.25, 0.3) is 83.2 Å². The number of rotatable bonds is 5. The predicted octanol–water partition coefficient (Wildman–Crippen LogP) is 10.2. The van der Waals surface area contributed by atoms with E-state index < -0.39 is 13.3 Å². The third-order valence-electron chi connectivity index (χ3n) is 11.9. The van der Waals surface area contributed by atoms with Crippen molar-refractivity contribution in [1.29, 1.82) is 0 Å². The monoisotopic (exact) mass is 789 g/mol. The number of aromatic nitrogens is 3. The maximum absolute atomic E-state index is 6.71. The molecule has 0 bridgehead atoms. The standard InChI is InChI=1S/C52H33GeN3O/c1-4-17-34(18-5-1)52-54-48(47-43-27-10-13-28-44(43)53(51(47)55-52,36-20-6-2-7-21-36)37-22-8-3-9-23-37)35-19-16-24-38(33-35)56-45-29-14-11-25-39(45)41-31-32-42-40-26-12-15-30-46(40)57-50(42)49(41)56/h1-33H. The number of furan rings is 1. The molecule has 0 saturated heterocycles. The van der Waals surface area contributed by atoms with Crippen LogP contribution in [0.2, 0.25) is 0 Å². The van der Waals surface area contributed by atoms with Gasteiger partial charge in [-0.3, -0.25) is 0 Å². The zero-order valence-corrected chi connectivity index (χ0v) is 32.9. The number of benzene rings is 8. The molecular formula is C52H33GeN3O. The molecule has 3 aromatic heterocycles. The molecule has 5 heteroatoms. The van der Waals surface area contributed by atoms with E-state index in [0.29, 0.717) is 0 Å². The van der Waals surface area contributed by atoms with Gasteiger partial charge in [-0.2, -0.15) is 0 Å². The van der Waals surface area contributed by atoms with E-state index in [-0.39, 0.29) is 0 Å². The summed E-state index contributed by atoms with van der Waals surface area (Å²) in [6, 6.07) is 72.1. The molecule has 0 atom stereocenters. The summed E-state index contributed by atoms with van der Waals surface area (Å²) in [5, 5.41) is 4.58. The van der Waals surface area contributed by atoms with Crippen molar-refractivity contribution in [2.24, 2.45) is 0 Å². The van der Waals surface area contributed by atoms with Crippen LogP contribution in [0.1, 0.15) is 0 Å². The van der Waals surface area contributed by atoms with E-state index in [1.165, 1.54) is 28.7 Å². The minimum atomic E-state index is -3.69. The average molecular weight is 788 g/mol. The first-order valence-corrected chi connectivity index (χ1v) is 23.6. The van der Waals surface area contributed by atoms with Gasteiger partial charge >= 0.3 is 321 Å². The average Bonchev–Trinajstić information content (AvgIpc) is 3.94. The molecule has 0 radical (unpaired) electrons. The fraction of sp³-hybridized carbons (Fsp3) is 0. The molecule has 1 aliphatic heterocycles. The molecule has 0 aliphatic carbocycles. The van der Waals surface area contributed by atoms with Crippen molar-refractivity contribution in [2.45, 2.75) is 0 Å². The molecule has 57 heavy (non-hydrogen) atoms. The van der Waals surface area contributed by atoms with Crippen LogP contribution in [-0.2, 0) is 0 Å². The Bertz CT molecular complexity index is 3310. The van der Waals surface area contributed by atoms with E-state index in [1.807, 2.05) is 6.07 Å². The number of fused-ring (bicyclic) bond motifs is 10. The summed E-state index contributed by atoms with van der Waals surface area (Å²) < 4.78 is 14.3. The first-order valence-electron chi connectivity index (χ1n) is 19.4. The van der Waals surface area contributed by atoms with Gasteiger partial charge in [-0.1, -0.05) is 12.1 Å². The number of hydrogen-bond acceptors (Lipinski definition) is 3. The Morgan fingerprint density at radius 1 is 0.474 bits per heavy atom. The van der Waals surface area contributed by atoms with Crippen LogP contribution in [0.15, 0.2) is 205 Å². The second-order valence-electron chi connectivity index (χ2n) is 14.9. The fourth-order valence-corrected chi connectivity index (χ4v) is 20.0. The molecular weight excluding hydrogens is 755 g/mol. The molecule has 266 valence electrons. The molecule has 0 spiro atoms.